The predicted molar refractivity (Wildman–Crippen MR) is 68.4 cm³/mol. The Hall–Kier alpha value is -1.41. The minimum atomic E-state index is -0.721. The highest BCUT2D eigenvalue weighted by Crippen LogP contribution is 2.38. The van der Waals surface area contributed by atoms with Gasteiger partial charge in [-0.25, -0.2) is 0 Å². The molecule has 16 heavy (non-hydrogen) atoms. The van der Waals surface area contributed by atoms with Gasteiger partial charge < -0.3 is 0 Å². The Bertz CT molecular complexity index is 630. The zero-order valence-electron chi connectivity index (χ0n) is 8.69. The highest BCUT2D eigenvalue weighted by Gasteiger charge is 2.20. The maximum Gasteiger partial charge on any atom is 0.0495 e. The van der Waals surface area contributed by atoms with E-state index in [0.29, 0.717) is 11.5 Å². The molecule has 0 bridgehead atoms. The van der Waals surface area contributed by atoms with Crippen molar-refractivity contribution in [3.63, 3.8) is 0 Å². The standard InChI is InChI=1S/C14H10OS/c15-16-7-11-5-3-9-1-2-10-4-6-12(8-16)14(11)13(9)10/h1-6H,7-8H2. The molecule has 1 aliphatic heterocycles. The van der Waals surface area contributed by atoms with Crippen molar-refractivity contribution in [3.05, 3.63) is 46.5 Å². The van der Waals surface area contributed by atoms with Gasteiger partial charge in [-0.2, -0.15) is 0 Å². The molecule has 0 saturated heterocycles. The van der Waals surface area contributed by atoms with Crippen molar-refractivity contribution in [2.75, 3.05) is 0 Å². The van der Waals surface area contributed by atoms with E-state index in [4.69, 9.17) is 0 Å². The van der Waals surface area contributed by atoms with E-state index < -0.39 is 10.8 Å². The zero-order chi connectivity index (χ0) is 10.7. The third-order valence-corrected chi connectivity index (χ3v) is 4.74. The van der Waals surface area contributed by atoms with Crippen LogP contribution in [-0.4, -0.2) is 4.21 Å². The van der Waals surface area contributed by atoms with Gasteiger partial charge in [0.25, 0.3) is 0 Å². The first-order valence-electron chi connectivity index (χ1n) is 5.43. The van der Waals surface area contributed by atoms with Crippen LogP contribution in [0.25, 0.3) is 22.9 Å². The van der Waals surface area contributed by atoms with Crippen LogP contribution in [0.1, 0.15) is 22.3 Å². The Labute approximate surface area is 96.2 Å². The topological polar surface area (TPSA) is 17.1 Å². The van der Waals surface area contributed by atoms with E-state index in [1.807, 2.05) is 0 Å². The molecule has 2 aromatic rings. The lowest BCUT2D eigenvalue weighted by atomic mass is 9.96. The molecule has 4 rings (SSSR count). The second kappa shape index (κ2) is 2.83. The molecular formula is C14H10OS. The van der Waals surface area contributed by atoms with Gasteiger partial charge in [-0.05, 0) is 33.0 Å². The van der Waals surface area contributed by atoms with E-state index in [1.165, 1.54) is 33.0 Å². The summed E-state index contributed by atoms with van der Waals surface area (Å²) in [4.78, 5) is 0. The SMILES string of the molecule is O=S1Cc2ccc3c4c(ccc(c24)C1)C=C3. The van der Waals surface area contributed by atoms with Crippen LogP contribution >= 0.6 is 0 Å². The first-order chi connectivity index (χ1) is 7.83. The Morgan fingerprint density at radius 3 is 1.94 bits per heavy atom. The summed E-state index contributed by atoms with van der Waals surface area (Å²) in [5, 5.41) is 2.73. The van der Waals surface area contributed by atoms with Crippen molar-refractivity contribution in [1.82, 2.24) is 0 Å². The largest absolute Gasteiger partial charge is 0.259 e. The van der Waals surface area contributed by atoms with Crippen LogP contribution in [0, 0.1) is 0 Å². The summed E-state index contributed by atoms with van der Waals surface area (Å²) >= 11 is 0. The zero-order valence-corrected chi connectivity index (χ0v) is 9.51. The molecule has 2 aromatic carbocycles. The molecule has 0 unspecified atom stereocenters. The molecule has 0 aromatic heterocycles. The fourth-order valence-electron chi connectivity index (χ4n) is 2.79. The Morgan fingerprint density at radius 1 is 0.812 bits per heavy atom. The molecule has 1 nitrogen and oxygen atoms in total. The molecule has 78 valence electrons. The predicted octanol–water partition coefficient (Wildman–Crippen LogP) is 3.09. The van der Waals surface area contributed by atoms with Gasteiger partial charge in [0.1, 0.15) is 0 Å². The molecule has 2 aliphatic rings. The smallest absolute Gasteiger partial charge is 0.0495 e. The van der Waals surface area contributed by atoms with Gasteiger partial charge in [0, 0.05) is 22.3 Å². The van der Waals surface area contributed by atoms with Gasteiger partial charge in [0.05, 0.1) is 0 Å². The lowest BCUT2D eigenvalue weighted by Gasteiger charge is -2.18. The van der Waals surface area contributed by atoms with Crippen LogP contribution in [0.15, 0.2) is 24.3 Å². The van der Waals surface area contributed by atoms with Crippen LogP contribution in [-0.2, 0) is 22.3 Å². The van der Waals surface area contributed by atoms with Crippen molar-refractivity contribution in [3.8, 4) is 0 Å². The normalized spacial score (nSPS) is 17.2. The average Bonchev–Trinajstić information content (AvgIpc) is 2.70. The molecule has 0 N–H and O–H groups in total. The summed E-state index contributed by atoms with van der Waals surface area (Å²) in [5.74, 6) is 1.43. The number of benzene rings is 2. The van der Waals surface area contributed by atoms with Crippen molar-refractivity contribution in [2.24, 2.45) is 0 Å². The van der Waals surface area contributed by atoms with Crippen LogP contribution in [0.5, 0.6) is 0 Å². The molecule has 0 spiro atoms. The molecule has 0 saturated carbocycles. The first kappa shape index (κ1) is 8.71. The van der Waals surface area contributed by atoms with Gasteiger partial charge in [-0.1, -0.05) is 36.4 Å². The van der Waals surface area contributed by atoms with E-state index in [0.717, 1.165) is 0 Å². The molecule has 1 aliphatic carbocycles. The molecule has 0 amide bonds. The Morgan fingerprint density at radius 2 is 1.38 bits per heavy atom. The summed E-state index contributed by atoms with van der Waals surface area (Å²) in [5.41, 5.74) is 5.12. The molecule has 0 fully saturated rings. The van der Waals surface area contributed by atoms with E-state index in [9.17, 15) is 4.21 Å². The van der Waals surface area contributed by atoms with Crippen molar-refractivity contribution >= 4 is 33.7 Å². The second-order valence-electron chi connectivity index (χ2n) is 4.44. The molecule has 2 heteroatoms. The minimum Gasteiger partial charge on any atom is -0.259 e. The quantitative estimate of drug-likeness (QED) is 0.575. The van der Waals surface area contributed by atoms with Gasteiger partial charge >= 0.3 is 0 Å². The van der Waals surface area contributed by atoms with Crippen LogP contribution in [0.2, 0.25) is 0 Å². The third kappa shape index (κ3) is 0.978. The molecule has 0 radical (unpaired) electrons. The lowest BCUT2D eigenvalue weighted by Crippen LogP contribution is -2.08. The average molecular weight is 226 g/mol. The molecule has 0 atom stereocenters. The Balaban J connectivity index is 2.24. The van der Waals surface area contributed by atoms with Gasteiger partial charge in [-0.3, -0.25) is 4.21 Å². The minimum absolute atomic E-state index is 0.716. The van der Waals surface area contributed by atoms with Gasteiger partial charge in [0.15, 0.2) is 0 Å². The first-order valence-corrected chi connectivity index (χ1v) is 6.92. The fraction of sp³-hybridized carbons (Fsp3) is 0.143. The van der Waals surface area contributed by atoms with E-state index in [-0.39, 0.29) is 0 Å². The van der Waals surface area contributed by atoms with Crippen molar-refractivity contribution < 1.29 is 4.21 Å². The van der Waals surface area contributed by atoms with Crippen LogP contribution < -0.4 is 0 Å². The summed E-state index contributed by atoms with van der Waals surface area (Å²) in [6.07, 6.45) is 4.34. The number of hydrogen-bond acceptors (Lipinski definition) is 1. The van der Waals surface area contributed by atoms with Gasteiger partial charge in [0.2, 0.25) is 0 Å². The molecular weight excluding hydrogens is 216 g/mol. The maximum absolute atomic E-state index is 11.7. The van der Waals surface area contributed by atoms with E-state index in [2.05, 4.69) is 36.4 Å². The van der Waals surface area contributed by atoms with Crippen molar-refractivity contribution in [1.29, 1.82) is 0 Å². The summed E-state index contributed by atoms with van der Waals surface area (Å²) in [7, 11) is -0.721. The maximum atomic E-state index is 11.7. The lowest BCUT2D eigenvalue weighted by molar-refractivity contribution is 0.681. The number of rotatable bonds is 0. The highest BCUT2D eigenvalue weighted by atomic mass is 32.2. The third-order valence-electron chi connectivity index (χ3n) is 3.47. The summed E-state index contributed by atoms with van der Waals surface area (Å²) < 4.78 is 11.7. The highest BCUT2D eigenvalue weighted by molar-refractivity contribution is 7.83. The van der Waals surface area contributed by atoms with E-state index >= 15 is 0 Å². The van der Waals surface area contributed by atoms with Crippen LogP contribution in [0.3, 0.4) is 0 Å². The molecule has 1 heterocycles. The second-order valence-corrected chi connectivity index (χ2v) is 5.90. The summed E-state index contributed by atoms with van der Waals surface area (Å²) in [6.45, 7) is 0. The fourth-order valence-corrected chi connectivity index (χ4v) is 4.07. The van der Waals surface area contributed by atoms with Gasteiger partial charge in [-0.15, -0.1) is 0 Å². The van der Waals surface area contributed by atoms with Crippen molar-refractivity contribution in [2.45, 2.75) is 11.5 Å². The monoisotopic (exact) mass is 226 g/mol. The van der Waals surface area contributed by atoms with E-state index in [1.54, 1.807) is 0 Å². The van der Waals surface area contributed by atoms with Crippen LogP contribution in [0.4, 0.5) is 0 Å². The number of hydrogen-bond donors (Lipinski definition) is 0. The summed E-state index contributed by atoms with van der Waals surface area (Å²) in [6, 6.07) is 8.57. The Kier molecular flexibility index (Phi) is 1.54.